The number of anilines is 1. The first-order chi connectivity index (χ1) is 6.63. The lowest BCUT2D eigenvalue weighted by molar-refractivity contribution is 0.244. The quantitative estimate of drug-likeness (QED) is 0.812. The molecule has 0 bridgehead atoms. The van der Waals surface area contributed by atoms with E-state index in [0.717, 1.165) is 0 Å². The van der Waals surface area contributed by atoms with Crippen LogP contribution in [-0.4, -0.2) is 23.2 Å². The van der Waals surface area contributed by atoms with Gasteiger partial charge in [0.1, 0.15) is 0 Å². The van der Waals surface area contributed by atoms with Gasteiger partial charge in [-0.2, -0.15) is 0 Å². The molecule has 1 unspecified atom stereocenters. The van der Waals surface area contributed by atoms with Gasteiger partial charge in [0, 0.05) is 19.3 Å². The van der Waals surface area contributed by atoms with Gasteiger partial charge < -0.3 is 10.4 Å². The normalized spacial score (nSPS) is 12.6. The van der Waals surface area contributed by atoms with E-state index in [9.17, 15) is 4.39 Å². The molecule has 1 aromatic rings. The summed E-state index contributed by atoms with van der Waals surface area (Å²) < 4.78 is 13.1. The van der Waals surface area contributed by atoms with Gasteiger partial charge in [-0.15, -0.1) is 0 Å². The highest BCUT2D eigenvalue weighted by Gasteiger charge is 2.05. The van der Waals surface area contributed by atoms with Crippen molar-refractivity contribution in [3.63, 3.8) is 0 Å². The zero-order valence-corrected chi connectivity index (χ0v) is 8.55. The third-order valence-corrected chi connectivity index (χ3v) is 1.94. The van der Waals surface area contributed by atoms with Gasteiger partial charge in [0.25, 0.3) is 0 Å². The van der Waals surface area contributed by atoms with Crippen LogP contribution in [0.3, 0.4) is 0 Å². The van der Waals surface area contributed by atoms with Gasteiger partial charge in [-0.1, -0.05) is 18.5 Å². The molecule has 0 radical (unpaired) electrons. The summed E-state index contributed by atoms with van der Waals surface area (Å²) in [4.78, 5) is 3.78. The summed E-state index contributed by atoms with van der Waals surface area (Å²) in [6.45, 7) is 2.38. The Morgan fingerprint density at radius 1 is 1.71 bits per heavy atom. The highest BCUT2D eigenvalue weighted by Crippen LogP contribution is 2.15. The van der Waals surface area contributed by atoms with Crippen LogP contribution in [-0.2, 0) is 0 Å². The standard InChI is InChI=1S/C9H12ClFN2O/c1-6(5-14)3-12-9-8(11)2-7(10)4-13-9/h2,4,6,14H,3,5H2,1H3,(H,12,13). The van der Waals surface area contributed by atoms with Crippen LogP contribution in [0, 0.1) is 11.7 Å². The van der Waals surface area contributed by atoms with Gasteiger partial charge in [0.2, 0.25) is 0 Å². The van der Waals surface area contributed by atoms with E-state index in [4.69, 9.17) is 16.7 Å². The van der Waals surface area contributed by atoms with Crippen molar-refractivity contribution in [2.45, 2.75) is 6.92 Å². The molecule has 0 spiro atoms. The van der Waals surface area contributed by atoms with Crippen molar-refractivity contribution in [1.29, 1.82) is 0 Å². The van der Waals surface area contributed by atoms with E-state index >= 15 is 0 Å². The fourth-order valence-corrected chi connectivity index (χ4v) is 1.02. The fraction of sp³-hybridized carbons (Fsp3) is 0.444. The highest BCUT2D eigenvalue weighted by molar-refractivity contribution is 6.30. The number of hydrogen-bond acceptors (Lipinski definition) is 3. The number of halogens is 2. The Balaban J connectivity index is 2.59. The Bertz CT molecular complexity index is 309. The van der Waals surface area contributed by atoms with E-state index in [0.29, 0.717) is 6.54 Å². The van der Waals surface area contributed by atoms with Gasteiger partial charge in [-0.25, -0.2) is 9.37 Å². The Labute approximate surface area is 86.9 Å². The lowest BCUT2D eigenvalue weighted by Gasteiger charge is -2.10. The molecule has 0 aromatic carbocycles. The predicted molar refractivity (Wildman–Crippen MR) is 53.9 cm³/mol. The second-order valence-electron chi connectivity index (χ2n) is 3.15. The van der Waals surface area contributed by atoms with E-state index < -0.39 is 5.82 Å². The molecule has 0 amide bonds. The topological polar surface area (TPSA) is 45.1 Å². The van der Waals surface area contributed by atoms with Crippen molar-refractivity contribution in [1.82, 2.24) is 4.98 Å². The largest absolute Gasteiger partial charge is 0.396 e. The number of hydrogen-bond donors (Lipinski definition) is 2. The number of pyridine rings is 1. The molecule has 3 nitrogen and oxygen atoms in total. The maximum absolute atomic E-state index is 13.1. The molecule has 0 saturated heterocycles. The third kappa shape index (κ3) is 3.12. The summed E-state index contributed by atoms with van der Waals surface area (Å²) >= 11 is 5.54. The van der Waals surface area contributed by atoms with Crippen LogP contribution in [0.5, 0.6) is 0 Å². The van der Waals surface area contributed by atoms with Crippen molar-refractivity contribution in [3.05, 3.63) is 23.1 Å². The molecular weight excluding hydrogens is 207 g/mol. The number of nitrogens with one attached hydrogen (secondary N) is 1. The Kier molecular flexibility index (Phi) is 4.10. The number of aliphatic hydroxyl groups excluding tert-OH is 1. The van der Waals surface area contributed by atoms with Gasteiger partial charge in [-0.3, -0.25) is 0 Å². The van der Waals surface area contributed by atoms with Crippen LogP contribution in [0.2, 0.25) is 5.02 Å². The molecule has 14 heavy (non-hydrogen) atoms. The number of nitrogens with zero attached hydrogens (tertiary/aromatic N) is 1. The molecule has 1 aromatic heterocycles. The third-order valence-electron chi connectivity index (χ3n) is 1.74. The van der Waals surface area contributed by atoms with Gasteiger partial charge in [0.05, 0.1) is 5.02 Å². The SMILES string of the molecule is CC(CO)CNc1ncc(Cl)cc1F. The predicted octanol–water partition coefficient (Wildman–Crippen LogP) is 1.91. The Morgan fingerprint density at radius 3 is 3.00 bits per heavy atom. The molecule has 78 valence electrons. The average Bonchev–Trinajstić information content (AvgIpc) is 2.16. The molecule has 1 atom stereocenters. The summed E-state index contributed by atoms with van der Waals surface area (Å²) in [5.74, 6) is -0.260. The van der Waals surface area contributed by atoms with Crippen LogP contribution >= 0.6 is 11.6 Å². The van der Waals surface area contributed by atoms with Crippen molar-refractivity contribution >= 4 is 17.4 Å². The number of aliphatic hydroxyl groups is 1. The summed E-state index contributed by atoms with van der Waals surface area (Å²) in [5, 5.41) is 11.8. The Hall–Kier alpha value is -0.870. The minimum atomic E-state index is -0.484. The molecule has 0 aliphatic carbocycles. The molecule has 0 saturated carbocycles. The van der Waals surface area contributed by atoms with Crippen molar-refractivity contribution in [3.8, 4) is 0 Å². The molecular formula is C9H12ClFN2O. The fourth-order valence-electron chi connectivity index (χ4n) is 0.880. The minimum Gasteiger partial charge on any atom is -0.396 e. The average molecular weight is 219 g/mol. The van der Waals surface area contributed by atoms with Crippen LogP contribution in [0.15, 0.2) is 12.3 Å². The first-order valence-electron chi connectivity index (χ1n) is 4.29. The zero-order valence-electron chi connectivity index (χ0n) is 7.80. The van der Waals surface area contributed by atoms with Crippen LogP contribution in [0.25, 0.3) is 0 Å². The lowest BCUT2D eigenvalue weighted by atomic mass is 10.2. The van der Waals surface area contributed by atoms with Gasteiger partial charge in [0.15, 0.2) is 11.6 Å². The first-order valence-corrected chi connectivity index (χ1v) is 4.67. The molecule has 1 rings (SSSR count). The van der Waals surface area contributed by atoms with Crippen LogP contribution in [0.1, 0.15) is 6.92 Å². The van der Waals surface area contributed by atoms with Crippen molar-refractivity contribution in [2.24, 2.45) is 5.92 Å². The second kappa shape index (κ2) is 5.12. The molecule has 1 heterocycles. The maximum Gasteiger partial charge on any atom is 0.166 e. The highest BCUT2D eigenvalue weighted by atomic mass is 35.5. The van der Waals surface area contributed by atoms with E-state index in [1.54, 1.807) is 0 Å². The monoisotopic (exact) mass is 218 g/mol. The molecule has 2 N–H and O–H groups in total. The van der Waals surface area contributed by atoms with Crippen LogP contribution < -0.4 is 5.32 Å². The van der Waals surface area contributed by atoms with E-state index in [2.05, 4.69) is 10.3 Å². The number of rotatable bonds is 4. The summed E-state index contributed by atoms with van der Waals surface area (Å²) in [5.41, 5.74) is 0. The van der Waals surface area contributed by atoms with Crippen molar-refractivity contribution < 1.29 is 9.50 Å². The second-order valence-corrected chi connectivity index (χ2v) is 3.59. The lowest BCUT2D eigenvalue weighted by Crippen LogP contribution is -2.15. The minimum absolute atomic E-state index is 0.0577. The molecule has 0 fully saturated rings. The molecule has 0 aliphatic rings. The van der Waals surface area contributed by atoms with E-state index in [-0.39, 0.29) is 23.4 Å². The van der Waals surface area contributed by atoms with E-state index in [1.807, 2.05) is 6.92 Å². The molecule has 5 heteroatoms. The maximum atomic E-state index is 13.1. The summed E-state index contributed by atoms with van der Waals surface area (Å²) in [6, 6.07) is 1.19. The smallest absolute Gasteiger partial charge is 0.166 e. The van der Waals surface area contributed by atoms with Crippen LogP contribution in [0.4, 0.5) is 10.2 Å². The van der Waals surface area contributed by atoms with E-state index in [1.165, 1.54) is 12.3 Å². The summed E-state index contributed by atoms with van der Waals surface area (Å²) in [6.07, 6.45) is 1.37. The first kappa shape index (κ1) is 11.2. The van der Waals surface area contributed by atoms with Gasteiger partial charge in [-0.05, 0) is 12.0 Å². The Morgan fingerprint density at radius 2 is 2.43 bits per heavy atom. The number of aromatic nitrogens is 1. The molecule has 0 aliphatic heterocycles. The van der Waals surface area contributed by atoms with Crippen molar-refractivity contribution in [2.75, 3.05) is 18.5 Å². The summed E-state index contributed by atoms with van der Waals surface area (Å²) in [7, 11) is 0. The zero-order chi connectivity index (χ0) is 10.6. The van der Waals surface area contributed by atoms with Gasteiger partial charge >= 0.3 is 0 Å².